The number of hydrogen-bond donors (Lipinski definition) is 1. The van der Waals surface area contributed by atoms with E-state index >= 15 is 0 Å². The first kappa shape index (κ1) is 21.4. The highest BCUT2D eigenvalue weighted by molar-refractivity contribution is 7.09. The molecule has 8 heteroatoms. The van der Waals surface area contributed by atoms with Gasteiger partial charge in [-0.25, -0.2) is 0 Å². The van der Waals surface area contributed by atoms with E-state index in [0.717, 1.165) is 17.7 Å². The first-order valence-corrected chi connectivity index (χ1v) is 10.5. The van der Waals surface area contributed by atoms with Crippen molar-refractivity contribution in [2.75, 3.05) is 11.9 Å². The Morgan fingerprint density at radius 2 is 2.13 bits per heavy atom. The SMILES string of the molecule is Cc1c(C#N)c(NC(=O)COC(=O)CCCc2cccs2)n(Cc2ccco2)c1C. The van der Waals surface area contributed by atoms with E-state index in [1.807, 2.05) is 42.0 Å². The summed E-state index contributed by atoms with van der Waals surface area (Å²) < 4.78 is 12.3. The standard InChI is InChI=1S/C22H23N3O4S/c1-15-16(2)25(13-17-6-4-10-28-17)22(19(15)12-23)24-20(26)14-29-21(27)9-3-7-18-8-5-11-30-18/h4-6,8,10-11H,3,7,9,13-14H2,1-2H3,(H,24,26). The van der Waals surface area contributed by atoms with Gasteiger partial charge in [-0.3, -0.25) is 9.59 Å². The number of nitrogens with one attached hydrogen (secondary N) is 1. The molecular formula is C22H23N3O4S. The maximum atomic E-state index is 12.4. The highest BCUT2D eigenvalue weighted by atomic mass is 32.1. The van der Waals surface area contributed by atoms with Crippen LogP contribution in [0.15, 0.2) is 40.3 Å². The minimum absolute atomic E-state index is 0.252. The third-order valence-electron chi connectivity index (χ3n) is 4.84. The van der Waals surface area contributed by atoms with Crippen LogP contribution in [0.1, 0.15) is 40.3 Å². The smallest absolute Gasteiger partial charge is 0.306 e. The molecule has 0 aliphatic carbocycles. The molecule has 7 nitrogen and oxygen atoms in total. The molecule has 0 saturated carbocycles. The van der Waals surface area contributed by atoms with Crippen molar-refractivity contribution in [2.45, 2.75) is 39.7 Å². The Kier molecular flexibility index (Phi) is 7.09. The fourth-order valence-corrected chi connectivity index (χ4v) is 3.89. The molecule has 156 valence electrons. The summed E-state index contributed by atoms with van der Waals surface area (Å²) >= 11 is 1.65. The number of esters is 1. The summed E-state index contributed by atoms with van der Waals surface area (Å²) in [4.78, 5) is 25.5. The van der Waals surface area contributed by atoms with E-state index in [1.54, 1.807) is 23.7 Å². The van der Waals surface area contributed by atoms with Crippen molar-refractivity contribution in [3.63, 3.8) is 0 Å². The number of carbonyl (C=O) groups excluding carboxylic acids is 2. The van der Waals surface area contributed by atoms with Crippen molar-refractivity contribution in [3.8, 4) is 6.07 Å². The average Bonchev–Trinajstić information content (AvgIpc) is 3.47. The molecule has 3 rings (SSSR count). The average molecular weight is 426 g/mol. The lowest BCUT2D eigenvalue weighted by molar-refractivity contribution is -0.147. The molecule has 0 aliphatic heterocycles. The van der Waals surface area contributed by atoms with E-state index in [-0.39, 0.29) is 6.42 Å². The van der Waals surface area contributed by atoms with Crippen LogP contribution in [0.3, 0.4) is 0 Å². The minimum atomic E-state index is -0.490. The summed E-state index contributed by atoms with van der Waals surface area (Å²) in [7, 11) is 0. The topological polar surface area (TPSA) is 97.3 Å². The van der Waals surface area contributed by atoms with E-state index in [0.29, 0.717) is 30.1 Å². The van der Waals surface area contributed by atoms with Crippen LogP contribution < -0.4 is 5.32 Å². The number of nitrogens with zero attached hydrogens (tertiary/aromatic N) is 2. The summed E-state index contributed by atoms with van der Waals surface area (Å²) in [6, 6.07) is 9.75. The van der Waals surface area contributed by atoms with Crippen LogP contribution in [0.25, 0.3) is 0 Å². The molecule has 0 saturated heterocycles. The van der Waals surface area contributed by atoms with Crippen molar-refractivity contribution in [1.82, 2.24) is 4.57 Å². The molecule has 1 N–H and O–H groups in total. The van der Waals surface area contributed by atoms with E-state index in [1.165, 1.54) is 4.88 Å². The molecule has 0 atom stereocenters. The zero-order chi connectivity index (χ0) is 21.5. The monoisotopic (exact) mass is 425 g/mol. The number of carbonyl (C=O) groups is 2. The summed E-state index contributed by atoms with van der Waals surface area (Å²) in [6.45, 7) is 3.68. The lowest BCUT2D eigenvalue weighted by Gasteiger charge is -2.12. The van der Waals surface area contributed by atoms with E-state index < -0.39 is 18.5 Å². The fourth-order valence-electron chi connectivity index (χ4n) is 3.13. The van der Waals surface area contributed by atoms with Crippen molar-refractivity contribution < 1.29 is 18.7 Å². The number of aromatic nitrogens is 1. The number of ether oxygens (including phenoxy) is 1. The molecule has 0 spiro atoms. The molecule has 0 aliphatic rings. The highest BCUT2D eigenvalue weighted by Crippen LogP contribution is 2.27. The van der Waals surface area contributed by atoms with E-state index in [4.69, 9.17) is 9.15 Å². The number of aryl methyl sites for hydroxylation is 1. The third kappa shape index (κ3) is 5.19. The Bertz CT molecular complexity index is 1040. The molecule has 3 heterocycles. The number of amides is 1. The zero-order valence-corrected chi connectivity index (χ0v) is 17.8. The lowest BCUT2D eigenvalue weighted by atomic mass is 10.2. The predicted molar refractivity (Wildman–Crippen MR) is 113 cm³/mol. The van der Waals surface area contributed by atoms with E-state index in [2.05, 4.69) is 11.4 Å². The molecule has 0 bridgehead atoms. The second-order valence-corrected chi connectivity index (χ2v) is 7.89. The van der Waals surface area contributed by atoms with Crippen LogP contribution in [-0.4, -0.2) is 23.1 Å². The van der Waals surface area contributed by atoms with Gasteiger partial charge < -0.3 is 19.0 Å². The molecule has 3 aromatic rings. The third-order valence-corrected chi connectivity index (χ3v) is 5.78. The van der Waals surface area contributed by atoms with Crippen LogP contribution in [0.2, 0.25) is 0 Å². The first-order chi connectivity index (χ1) is 14.5. The van der Waals surface area contributed by atoms with Crippen LogP contribution in [0, 0.1) is 25.2 Å². The predicted octanol–water partition coefficient (Wildman–Crippen LogP) is 4.18. The summed E-state index contributed by atoms with van der Waals surface area (Å²) in [6.07, 6.45) is 3.30. The van der Waals surface area contributed by atoms with Gasteiger partial charge in [-0.15, -0.1) is 11.3 Å². The number of rotatable bonds is 9. The van der Waals surface area contributed by atoms with Crippen LogP contribution in [-0.2, 0) is 27.3 Å². The molecule has 0 unspecified atom stereocenters. The van der Waals surface area contributed by atoms with Gasteiger partial charge in [0.1, 0.15) is 17.6 Å². The van der Waals surface area contributed by atoms with Crippen LogP contribution >= 0.6 is 11.3 Å². The van der Waals surface area contributed by atoms with Gasteiger partial charge in [0.25, 0.3) is 5.91 Å². The van der Waals surface area contributed by atoms with Gasteiger partial charge >= 0.3 is 5.97 Å². The van der Waals surface area contributed by atoms with Gasteiger partial charge in [-0.2, -0.15) is 5.26 Å². The lowest BCUT2D eigenvalue weighted by Crippen LogP contribution is -2.23. The van der Waals surface area contributed by atoms with Crippen molar-refractivity contribution in [1.29, 1.82) is 5.26 Å². The fraction of sp³-hybridized carbons (Fsp3) is 0.318. The van der Waals surface area contributed by atoms with Crippen molar-refractivity contribution in [2.24, 2.45) is 0 Å². The van der Waals surface area contributed by atoms with Gasteiger partial charge in [0.2, 0.25) is 0 Å². The van der Waals surface area contributed by atoms with Gasteiger partial charge in [-0.1, -0.05) is 6.07 Å². The summed E-state index contributed by atoms with van der Waals surface area (Å²) in [5.74, 6) is 0.171. The molecule has 0 aromatic carbocycles. The molecular weight excluding hydrogens is 402 g/mol. The number of furan rings is 1. The number of hydrogen-bond acceptors (Lipinski definition) is 6. The Labute approximate surface area is 178 Å². The van der Waals surface area contributed by atoms with E-state index in [9.17, 15) is 14.9 Å². The van der Waals surface area contributed by atoms with Crippen LogP contribution in [0.4, 0.5) is 5.82 Å². The number of thiophene rings is 1. The van der Waals surface area contributed by atoms with Gasteiger partial charge in [0, 0.05) is 17.0 Å². The second-order valence-electron chi connectivity index (χ2n) is 6.85. The summed E-state index contributed by atoms with van der Waals surface area (Å²) in [5.41, 5.74) is 2.02. The molecule has 3 aromatic heterocycles. The summed E-state index contributed by atoms with van der Waals surface area (Å²) in [5, 5.41) is 14.3. The molecule has 0 radical (unpaired) electrons. The Morgan fingerprint density at radius 3 is 2.80 bits per heavy atom. The Hall–Kier alpha value is -3.31. The van der Waals surface area contributed by atoms with Gasteiger partial charge in [0.15, 0.2) is 6.61 Å². The second kappa shape index (κ2) is 9.94. The van der Waals surface area contributed by atoms with Gasteiger partial charge in [0.05, 0.1) is 18.4 Å². The zero-order valence-electron chi connectivity index (χ0n) is 16.9. The minimum Gasteiger partial charge on any atom is -0.467 e. The maximum absolute atomic E-state index is 12.4. The molecule has 1 amide bonds. The maximum Gasteiger partial charge on any atom is 0.306 e. The normalized spacial score (nSPS) is 10.6. The van der Waals surface area contributed by atoms with Crippen LogP contribution in [0.5, 0.6) is 0 Å². The quantitative estimate of drug-likeness (QED) is 0.519. The highest BCUT2D eigenvalue weighted by Gasteiger charge is 2.21. The number of anilines is 1. The Balaban J connectivity index is 1.58. The first-order valence-electron chi connectivity index (χ1n) is 9.59. The van der Waals surface area contributed by atoms with Crippen molar-refractivity contribution in [3.05, 3.63) is 63.4 Å². The largest absolute Gasteiger partial charge is 0.467 e. The van der Waals surface area contributed by atoms with Gasteiger partial charge in [-0.05, 0) is 55.8 Å². The van der Waals surface area contributed by atoms with Crippen molar-refractivity contribution >= 4 is 29.0 Å². The Morgan fingerprint density at radius 1 is 1.30 bits per heavy atom. The molecule has 30 heavy (non-hydrogen) atoms. The molecule has 0 fully saturated rings. The number of nitriles is 1.